The molecule has 138 valence electrons. The maximum atomic E-state index is 12.5. The number of carbonyl (C=O) groups excluding carboxylic acids is 1. The van der Waals surface area contributed by atoms with Gasteiger partial charge in [-0.25, -0.2) is 5.43 Å². The first kappa shape index (κ1) is 18.1. The number of halogens is 2. The van der Waals surface area contributed by atoms with Crippen LogP contribution in [0.25, 0.3) is 0 Å². The van der Waals surface area contributed by atoms with Gasteiger partial charge in [0.2, 0.25) is 0 Å². The minimum absolute atomic E-state index is 0.111. The third-order valence-electron chi connectivity index (χ3n) is 4.98. The number of nitrogens with one attached hydrogen (secondary N) is 3. The van der Waals surface area contributed by atoms with Gasteiger partial charge >= 0.3 is 6.61 Å². The van der Waals surface area contributed by atoms with Gasteiger partial charge in [-0.2, -0.15) is 8.78 Å². The second-order valence-electron chi connectivity index (χ2n) is 6.86. The number of alkyl halides is 2. The van der Waals surface area contributed by atoms with E-state index in [2.05, 4.69) is 20.9 Å². The molecule has 3 N–H and O–H groups in total. The molecule has 1 saturated heterocycles. The van der Waals surface area contributed by atoms with Crippen molar-refractivity contribution in [2.24, 2.45) is 5.92 Å². The summed E-state index contributed by atoms with van der Waals surface area (Å²) in [7, 11) is 0. The van der Waals surface area contributed by atoms with Crippen LogP contribution in [0, 0.1) is 5.92 Å². The van der Waals surface area contributed by atoms with E-state index in [1.807, 2.05) is 0 Å². The summed E-state index contributed by atoms with van der Waals surface area (Å²) < 4.78 is 29.4. The van der Waals surface area contributed by atoms with Crippen LogP contribution in [0.15, 0.2) is 24.3 Å². The van der Waals surface area contributed by atoms with E-state index in [0.29, 0.717) is 6.04 Å². The van der Waals surface area contributed by atoms with Crippen LogP contribution >= 0.6 is 0 Å². The predicted octanol–water partition coefficient (Wildman–Crippen LogP) is 3.18. The molecule has 0 bridgehead atoms. The molecule has 3 rings (SSSR count). The molecule has 1 aliphatic carbocycles. The van der Waals surface area contributed by atoms with E-state index in [1.54, 1.807) is 12.1 Å². The lowest BCUT2D eigenvalue weighted by atomic mass is 9.84. The summed E-state index contributed by atoms with van der Waals surface area (Å²) in [6.07, 6.45) is 8.19. The summed E-state index contributed by atoms with van der Waals surface area (Å²) in [5.41, 5.74) is 6.44. The Morgan fingerprint density at radius 2 is 1.96 bits per heavy atom. The van der Waals surface area contributed by atoms with Crippen LogP contribution in [-0.2, 0) is 0 Å². The molecule has 0 aromatic heterocycles. The van der Waals surface area contributed by atoms with Crippen molar-refractivity contribution in [3.63, 3.8) is 0 Å². The van der Waals surface area contributed by atoms with Gasteiger partial charge in [0.05, 0.1) is 11.7 Å². The molecule has 5 nitrogen and oxygen atoms in total. The Morgan fingerprint density at radius 1 is 1.20 bits per heavy atom. The number of hydrogen-bond donors (Lipinski definition) is 3. The number of carbonyl (C=O) groups is 1. The van der Waals surface area contributed by atoms with Gasteiger partial charge in [0.25, 0.3) is 5.91 Å². The zero-order chi connectivity index (χ0) is 17.6. The van der Waals surface area contributed by atoms with Crippen molar-refractivity contribution in [3.8, 4) is 5.75 Å². The Morgan fingerprint density at radius 3 is 2.72 bits per heavy atom. The molecule has 0 spiro atoms. The van der Waals surface area contributed by atoms with Crippen molar-refractivity contribution < 1.29 is 18.3 Å². The van der Waals surface area contributed by atoms with E-state index < -0.39 is 12.5 Å². The number of amides is 1. The smallest absolute Gasteiger partial charge is 0.387 e. The third-order valence-corrected chi connectivity index (χ3v) is 4.98. The zero-order valence-electron chi connectivity index (χ0n) is 14.1. The average Bonchev–Trinajstić information content (AvgIpc) is 3.02. The molecule has 2 unspecified atom stereocenters. The zero-order valence-corrected chi connectivity index (χ0v) is 14.1. The number of hydrogen-bond acceptors (Lipinski definition) is 4. The first-order valence-electron chi connectivity index (χ1n) is 8.97. The Balaban J connectivity index is 1.52. The largest absolute Gasteiger partial charge is 0.434 e. The summed E-state index contributed by atoms with van der Waals surface area (Å²) in [5.74, 6) is 0.219. The summed E-state index contributed by atoms with van der Waals surface area (Å²) in [6.45, 7) is -2.96. The van der Waals surface area contributed by atoms with Gasteiger partial charge in [-0.3, -0.25) is 10.2 Å². The lowest BCUT2D eigenvalue weighted by Gasteiger charge is -2.24. The standard InChI is InChI=1S/C18H25F2N3O2/c19-18(20)25-15-9-5-4-8-14(15)17(24)21-16-11-13(22-23-16)10-12-6-2-1-3-7-12/h4-5,8-9,12-13,16,18,22-23H,1-3,6-7,10-11H2,(H,21,24). The molecule has 2 atom stereocenters. The van der Waals surface area contributed by atoms with Crippen molar-refractivity contribution in [2.45, 2.75) is 63.8 Å². The first-order valence-corrected chi connectivity index (χ1v) is 8.97. The number of hydrazine groups is 1. The maximum Gasteiger partial charge on any atom is 0.387 e. The van der Waals surface area contributed by atoms with Gasteiger partial charge in [-0.05, 0) is 30.9 Å². The molecular weight excluding hydrogens is 328 g/mol. The highest BCUT2D eigenvalue weighted by molar-refractivity contribution is 5.97. The fourth-order valence-electron chi connectivity index (χ4n) is 3.79. The monoisotopic (exact) mass is 353 g/mol. The second-order valence-corrected chi connectivity index (χ2v) is 6.86. The predicted molar refractivity (Wildman–Crippen MR) is 90.2 cm³/mol. The van der Waals surface area contributed by atoms with E-state index in [1.165, 1.54) is 44.2 Å². The summed E-state index contributed by atoms with van der Waals surface area (Å²) in [5, 5.41) is 2.84. The molecule has 1 amide bonds. The van der Waals surface area contributed by atoms with Crippen LogP contribution in [0.2, 0.25) is 0 Å². The average molecular weight is 353 g/mol. The van der Waals surface area contributed by atoms with Gasteiger partial charge in [-0.15, -0.1) is 0 Å². The summed E-state index contributed by atoms with van der Waals surface area (Å²) in [4.78, 5) is 12.4. The number of rotatable bonds is 6. The number of benzene rings is 1. The number of para-hydroxylation sites is 1. The van der Waals surface area contributed by atoms with E-state index in [9.17, 15) is 13.6 Å². The second kappa shape index (κ2) is 8.58. The summed E-state index contributed by atoms with van der Waals surface area (Å²) in [6, 6.07) is 6.35. The minimum atomic E-state index is -2.96. The molecule has 7 heteroatoms. The fourth-order valence-corrected chi connectivity index (χ4v) is 3.79. The molecule has 2 aliphatic rings. The van der Waals surface area contributed by atoms with Crippen molar-refractivity contribution in [1.82, 2.24) is 16.2 Å². The lowest BCUT2D eigenvalue weighted by molar-refractivity contribution is -0.0501. The summed E-state index contributed by atoms with van der Waals surface area (Å²) >= 11 is 0. The fraction of sp³-hybridized carbons (Fsp3) is 0.611. The van der Waals surface area contributed by atoms with Crippen LogP contribution in [0.1, 0.15) is 55.3 Å². The van der Waals surface area contributed by atoms with Crippen molar-refractivity contribution in [1.29, 1.82) is 0 Å². The molecule has 0 radical (unpaired) electrons. The number of ether oxygens (including phenoxy) is 1. The van der Waals surface area contributed by atoms with Crippen molar-refractivity contribution >= 4 is 5.91 Å². The Labute approximate surface area is 146 Å². The van der Waals surface area contributed by atoms with Crippen molar-refractivity contribution in [3.05, 3.63) is 29.8 Å². The lowest BCUT2D eigenvalue weighted by Crippen LogP contribution is -2.44. The molecule has 1 aromatic carbocycles. The van der Waals surface area contributed by atoms with Crippen LogP contribution in [-0.4, -0.2) is 24.7 Å². The highest BCUT2D eigenvalue weighted by Gasteiger charge is 2.28. The molecule has 1 aliphatic heterocycles. The molecule has 2 fully saturated rings. The normalized spacial score (nSPS) is 24.4. The van der Waals surface area contributed by atoms with Crippen molar-refractivity contribution in [2.75, 3.05) is 0 Å². The molecule has 1 aromatic rings. The third kappa shape index (κ3) is 5.12. The van der Waals surface area contributed by atoms with Gasteiger partial charge < -0.3 is 10.1 Å². The van der Waals surface area contributed by atoms with E-state index in [4.69, 9.17) is 0 Å². The van der Waals surface area contributed by atoms with Gasteiger partial charge in [0, 0.05) is 6.04 Å². The molecule has 1 saturated carbocycles. The van der Waals surface area contributed by atoms with E-state index in [0.717, 1.165) is 18.8 Å². The van der Waals surface area contributed by atoms with Crippen LogP contribution in [0.4, 0.5) is 8.78 Å². The minimum Gasteiger partial charge on any atom is -0.434 e. The first-order chi connectivity index (χ1) is 12.1. The van der Waals surface area contributed by atoms with E-state index >= 15 is 0 Å². The highest BCUT2D eigenvalue weighted by atomic mass is 19.3. The van der Waals surface area contributed by atoms with E-state index in [-0.39, 0.29) is 17.5 Å². The Hall–Kier alpha value is -1.73. The molecule has 25 heavy (non-hydrogen) atoms. The Bertz CT molecular complexity index is 579. The SMILES string of the molecule is O=C(NC1CC(CC2CCCCC2)NN1)c1ccccc1OC(F)F. The van der Waals surface area contributed by atoms with Crippen LogP contribution in [0.3, 0.4) is 0 Å². The Kier molecular flexibility index (Phi) is 6.20. The molecular formula is C18H25F2N3O2. The quantitative estimate of drug-likeness (QED) is 0.735. The van der Waals surface area contributed by atoms with Crippen LogP contribution < -0.4 is 20.9 Å². The topological polar surface area (TPSA) is 62.4 Å². The maximum absolute atomic E-state index is 12.5. The van der Waals surface area contributed by atoms with Crippen LogP contribution in [0.5, 0.6) is 5.75 Å². The highest BCUT2D eigenvalue weighted by Crippen LogP contribution is 2.29. The van der Waals surface area contributed by atoms with Gasteiger partial charge in [0.1, 0.15) is 5.75 Å². The van der Waals surface area contributed by atoms with Gasteiger partial charge in [-0.1, -0.05) is 44.2 Å². The van der Waals surface area contributed by atoms with Gasteiger partial charge in [0.15, 0.2) is 0 Å². The molecule has 1 heterocycles.